The smallest absolute Gasteiger partial charge is 0.115 e. The molecule has 1 aliphatic carbocycles. The molecule has 0 saturated heterocycles. The Morgan fingerprint density at radius 2 is 0.846 bits per heavy atom. The van der Waals surface area contributed by atoms with Crippen LogP contribution in [-0.4, -0.2) is 10.2 Å². The first-order valence-corrected chi connectivity index (χ1v) is 10.3. The quantitative estimate of drug-likeness (QED) is 0.586. The van der Waals surface area contributed by atoms with Crippen LogP contribution >= 0.6 is 0 Å². The van der Waals surface area contributed by atoms with Gasteiger partial charge in [-0.3, -0.25) is 0 Å². The number of phenolic OH excluding ortho intramolecular Hbond substituents is 2. The molecule has 1 fully saturated rings. The molecular formula is C24H38O2. The van der Waals surface area contributed by atoms with E-state index in [4.69, 9.17) is 0 Å². The fraction of sp³-hybridized carbons (Fsp3) is 0.500. The minimum Gasteiger partial charge on any atom is -0.508 e. The van der Waals surface area contributed by atoms with Crippen LogP contribution in [0.3, 0.4) is 0 Å². The van der Waals surface area contributed by atoms with Crippen LogP contribution in [0.25, 0.3) is 0 Å². The summed E-state index contributed by atoms with van der Waals surface area (Å²) < 4.78 is 0. The van der Waals surface area contributed by atoms with Crippen molar-refractivity contribution in [3.63, 3.8) is 0 Å². The second-order valence-electron chi connectivity index (χ2n) is 5.74. The van der Waals surface area contributed by atoms with Crippen LogP contribution in [0.4, 0.5) is 0 Å². The van der Waals surface area contributed by atoms with Crippen LogP contribution in [-0.2, 0) is 5.41 Å². The van der Waals surface area contributed by atoms with Gasteiger partial charge in [-0.05, 0) is 48.2 Å². The van der Waals surface area contributed by atoms with Crippen molar-refractivity contribution in [2.45, 2.75) is 79.1 Å². The van der Waals surface area contributed by atoms with Crippen molar-refractivity contribution in [3.8, 4) is 11.5 Å². The van der Waals surface area contributed by atoms with Gasteiger partial charge in [0.1, 0.15) is 11.5 Å². The topological polar surface area (TPSA) is 40.5 Å². The Hall–Kier alpha value is -1.96. The third kappa shape index (κ3) is 6.09. The van der Waals surface area contributed by atoms with E-state index in [2.05, 4.69) is 0 Å². The molecule has 2 aromatic rings. The van der Waals surface area contributed by atoms with E-state index in [1.807, 2.05) is 65.8 Å². The van der Waals surface area contributed by atoms with Crippen molar-refractivity contribution < 1.29 is 10.2 Å². The van der Waals surface area contributed by atoms with Crippen molar-refractivity contribution in [2.24, 2.45) is 0 Å². The molecule has 2 nitrogen and oxygen atoms in total. The predicted molar refractivity (Wildman–Crippen MR) is 114 cm³/mol. The van der Waals surface area contributed by atoms with E-state index in [9.17, 15) is 10.2 Å². The highest BCUT2D eigenvalue weighted by Gasteiger charge is 2.35. The van der Waals surface area contributed by atoms with E-state index < -0.39 is 0 Å². The van der Waals surface area contributed by atoms with Crippen LogP contribution in [0, 0.1) is 0 Å². The fourth-order valence-corrected chi connectivity index (χ4v) is 3.46. The van der Waals surface area contributed by atoms with Gasteiger partial charge in [-0.25, -0.2) is 0 Å². The van der Waals surface area contributed by atoms with Gasteiger partial charge in [0, 0.05) is 5.41 Å². The summed E-state index contributed by atoms with van der Waals surface area (Å²) in [5.41, 5.74) is 2.56. The van der Waals surface area contributed by atoms with E-state index in [0.29, 0.717) is 11.5 Å². The lowest BCUT2D eigenvalue weighted by Crippen LogP contribution is -2.30. The fourth-order valence-electron chi connectivity index (χ4n) is 3.46. The Kier molecular flexibility index (Phi) is 12.3. The third-order valence-electron chi connectivity index (χ3n) is 4.55. The summed E-state index contributed by atoms with van der Waals surface area (Å²) in [6.07, 6.45) is 5.99. The van der Waals surface area contributed by atoms with Crippen LogP contribution in [0.1, 0.15) is 84.8 Å². The van der Waals surface area contributed by atoms with Crippen molar-refractivity contribution >= 4 is 0 Å². The molecule has 0 amide bonds. The minimum atomic E-state index is 0.0274. The SMILES string of the molecule is CC.CC.CC.Oc1ccc(C2(c3ccc(O)cc3)CCCCC2)cc1. The van der Waals surface area contributed by atoms with Crippen LogP contribution in [0.15, 0.2) is 48.5 Å². The molecular weight excluding hydrogens is 320 g/mol. The summed E-state index contributed by atoms with van der Waals surface area (Å²) in [5.74, 6) is 0.621. The maximum absolute atomic E-state index is 9.51. The molecule has 0 spiro atoms. The van der Waals surface area contributed by atoms with Crippen LogP contribution in [0.5, 0.6) is 11.5 Å². The molecule has 146 valence electrons. The molecule has 0 unspecified atom stereocenters. The van der Waals surface area contributed by atoms with E-state index in [-0.39, 0.29) is 5.41 Å². The van der Waals surface area contributed by atoms with Gasteiger partial charge < -0.3 is 10.2 Å². The summed E-state index contributed by atoms with van der Waals surface area (Å²) in [7, 11) is 0. The largest absolute Gasteiger partial charge is 0.508 e. The Morgan fingerprint density at radius 1 is 0.538 bits per heavy atom. The van der Waals surface area contributed by atoms with Gasteiger partial charge in [0.25, 0.3) is 0 Å². The van der Waals surface area contributed by atoms with Gasteiger partial charge in [0.05, 0.1) is 0 Å². The average Bonchev–Trinajstić information content (AvgIpc) is 2.74. The zero-order valence-corrected chi connectivity index (χ0v) is 17.5. The lowest BCUT2D eigenvalue weighted by atomic mass is 9.65. The van der Waals surface area contributed by atoms with Crippen molar-refractivity contribution in [2.75, 3.05) is 0 Å². The van der Waals surface area contributed by atoms with Gasteiger partial charge in [0.2, 0.25) is 0 Å². The van der Waals surface area contributed by atoms with Gasteiger partial charge >= 0.3 is 0 Å². The van der Waals surface area contributed by atoms with Crippen molar-refractivity contribution in [3.05, 3.63) is 59.7 Å². The summed E-state index contributed by atoms with van der Waals surface area (Å²) in [5, 5.41) is 19.0. The number of phenols is 2. The van der Waals surface area contributed by atoms with E-state index in [1.54, 1.807) is 24.3 Å². The summed E-state index contributed by atoms with van der Waals surface area (Å²) in [4.78, 5) is 0. The molecule has 2 heteroatoms. The van der Waals surface area contributed by atoms with Crippen molar-refractivity contribution in [1.29, 1.82) is 0 Å². The summed E-state index contributed by atoms with van der Waals surface area (Å²) in [6, 6.07) is 15.2. The molecule has 2 aromatic carbocycles. The van der Waals surface area contributed by atoms with Crippen molar-refractivity contribution in [1.82, 2.24) is 0 Å². The molecule has 0 aliphatic heterocycles. The lowest BCUT2D eigenvalue weighted by Gasteiger charge is -2.38. The lowest BCUT2D eigenvalue weighted by molar-refractivity contribution is 0.345. The first kappa shape index (κ1) is 24.0. The number of aromatic hydroxyl groups is 2. The molecule has 0 bridgehead atoms. The Morgan fingerprint density at radius 3 is 1.15 bits per heavy atom. The Bertz CT molecular complexity index is 517. The number of hydrogen-bond donors (Lipinski definition) is 2. The Labute approximate surface area is 160 Å². The molecule has 0 aromatic heterocycles. The first-order valence-electron chi connectivity index (χ1n) is 10.3. The third-order valence-corrected chi connectivity index (χ3v) is 4.55. The normalized spacial score (nSPS) is 14.4. The number of hydrogen-bond acceptors (Lipinski definition) is 2. The molecule has 0 atom stereocenters. The predicted octanol–water partition coefficient (Wildman–Crippen LogP) is 7.43. The van der Waals surface area contributed by atoms with Gasteiger partial charge in [0.15, 0.2) is 0 Å². The zero-order chi connectivity index (χ0) is 20.0. The first-order chi connectivity index (χ1) is 12.7. The monoisotopic (exact) mass is 358 g/mol. The van der Waals surface area contributed by atoms with Crippen LogP contribution < -0.4 is 0 Å². The number of benzene rings is 2. The molecule has 2 N–H and O–H groups in total. The maximum atomic E-state index is 9.51. The van der Waals surface area contributed by atoms with Gasteiger partial charge in [-0.2, -0.15) is 0 Å². The highest BCUT2D eigenvalue weighted by Crippen LogP contribution is 2.45. The second-order valence-corrected chi connectivity index (χ2v) is 5.74. The van der Waals surface area contributed by atoms with Gasteiger partial charge in [-0.1, -0.05) is 85.1 Å². The summed E-state index contributed by atoms with van der Waals surface area (Å²) in [6.45, 7) is 12.0. The molecule has 3 rings (SSSR count). The highest BCUT2D eigenvalue weighted by molar-refractivity contribution is 5.43. The van der Waals surface area contributed by atoms with E-state index in [0.717, 1.165) is 12.8 Å². The summed E-state index contributed by atoms with van der Waals surface area (Å²) >= 11 is 0. The highest BCUT2D eigenvalue weighted by atomic mass is 16.3. The standard InChI is InChI=1S/C18H20O2.3C2H6/c19-16-8-4-14(5-9-16)18(12-2-1-3-13-18)15-6-10-17(20)11-7-15;3*1-2/h4-11,19-20H,1-3,12-13H2;3*1-2H3. The van der Waals surface area contributed by atoms with Gasteiger partial charge in [-0.15, -0.1) is 0 Å². The molecule has 26 heavy (non-hydrogen) atoms. The molecule has 1 saturated carbocycles. The van der Waals surface area contributed by atoms with E-state index in [1.165, 1.54) is 30.4 Å². The molecule has 0 radical (unpaired) electrons. The number of rotatable bonds is 2. The van der Waals surface area contributed by atoms with Crippen LogP contribution in [0.2, 0.25) is 0 Å². The average molecular weight is 359 g/mol. The Balaban J connectivity index is 0.000000948. The second kappa shape index (κ2) is 13.3. The molecule has 0 heterocycles. The zero-order valence-electron chi connectivity index (χ0n) is 17.5. The van der Waals surface area contributed by atoms with E-state index >= 15 is 0 Å². The minimum absolute atomic E-state index is 0.0274. The molecule has 1 aliphatic rings. The maximum Gasteiger partial charge on any atom is 0.115 e.